The van der Waals surface area contributed by atoms with Crippen molar-refractivity contribution in [3.8, 4) is 0 Å². The third-order valence-corrected chi connectivity index (χ3v) is 5.20. The monoisotopic (exact) mass is 369 g/mol. The van der Waals surface area contributed by atoms with Gasteiger partial charge in [0, 0.05) is 24.4 Å². The maximum atomic E-state index is 13.2. The van der Waals surface area contributed by atoms with Gasteiger partial charge in [0.15, 0.2) is 5.96 Å². The van der Waals surface area contributed by atoms with Crippen LogP contribution in [0.5, 0.6) is 0 Å². The van der Waals surface area contributed by atoms with Crippen molar-refractivity contribution < 1.29 is 9.50 Å². The van der Waals surface area contributed by atoms with Crippen molar-refractivity contribution in [3.05, 3.63) is 71.5 Å². The number of hydrogen-bond acceptors (Lipinski definition) is 2. The van der Waals surface area contributed by atoms with Crippen LogP contribution in [-0.2, 0) is 5.41 Å². The number of guanidine groups is 1. The van der Waals surface area contributed by atoms with Gasteiger partial charge in [-0.15, -0.1) is 0 Å². The van der Waals surface area contributed by atoms with Crippen LogP contribution in [0, 0.1) is 5.82 Å². The van der Waals surface area contributed by atoms with E-state index in [1.807, 2.05) is 49.4 Å². The molecule has 27 heavy (non-hydrogen) atoms. The molecule has 1 fully saturated rings. The van der Waals surface area contributed by atoms with Crippen LogP contribution in [0.25, 0.3) is 0 Å². The minimum atomic E-state index is -0.205. The van der Waals surface area contributed by atoms with E-state index in [0.717, 1.165) is 36.5 Å². The molecule has 5 heteroatoms. The normalized spacial score (nSPS) is 16.6. The summed E-state index contributed by atoms with van der Waals surface area (Å²) in [4.78, 5) is 4.77. The van der Waals surface area contributed by atoms with Gasteiger partial charge >= 0.3 is 0 Å². The highest BCUT2D eigenvalue weighted by atomic mass is 19.1. The van der Waals surface area contributed by atoms with Gasteiger partial charge in [0.2, 0.25) is 0 Å². The number of hydrogen-bond donors (Lipinski definition) is 3. The van der Waals surface area contributed by atoms with Crippen LogP contribution >= 0.6 is 0 Å². The standard InChI is InChI=1S/C22H28FN3O/c1-2-24-21(25-14-18(15-27)17-6-4-3-5-7-17)26-16-22(12-13-22)19-8-10-20(23)11-9-19/h3-11,18,27H,2,12-16H2,1H3,(H2,24,25,26). The van der Waals surface area contributed by atoms with Gasteiger partial charge < -0.3 is 15.7 Å². The number of aliphatic hydroxyl groups is 1. The molecule has 0 saturated heterocycles. The van der Waals surface area contributed by atoms with Gasteiger partial charge in [-0.1, -0.05) is 42.5 Å². The quantitative estimate of drug-likeness (QED) is 0.495. The highest BCUT2D eigenvalue weighted by molar-refractivity contribution is 5.80. The Balaban J connectivity index is 1.63. The average molecular weight is 369 g/mol. The number of nitrogens with one attached hydrogen (secondary N) is 2. The van der Waals surface area contributed by atoms with Crippen LogP contribution in [0.3, 0.4) is 0 Å². The van der Waals surface area contributed by atoms with E-state index in [-0.39, 0.29) is 23.8 Å². The Morgan fingerprint density at radius 2 is 1.81 bits per heavy atom. The molecule has 0 aromatic heterocycles. The van der Waals surface area contributed by atoms with E-state index in [2.05, 4.69) is 10.6 Å². The first-order valence-electron chi connectivity index (χ1n) is 9.61. The summed E-state index contributed by atoms with van der Waals surface area (Å²) < 4.78 is 13.2. The van der Waals surface area contributed by atoms with E-state index in [9.17, 15) is 9.50 Å². The average Bonchev–Trinajstić information content (AvgIpc) is 3.49. The van der Waals surface area contributed by atoms with Crippen LogP contribution in [-0.4, -0.2) is 37.3 Å². The summed E-state index contributed by atoms with van der Waals surface area (Å²) in [5.74, 6) is 0.561. The SMILES string of the molecule is CCNC(=NCC1(c2ccc(F)cc2)CC1)NCC(CO)c1ccccc1. The molecule has 0 radical (unpaired) electrons. The van der Waals surface area contributed by atoms with E-state index >= 15 is 0 Å². The van der Waals surface area contributed by atoms with Gasteiger partial charge in [-0.2, -0.15) is 0 Å². The second kappa shape index (κ2) is 9.00. The Labute approximate surface area is 160 Å². The molecule has 3 rings (SSSR count). The molecule has 1 atom stereocenters. The summed E-state index contributed by atoms with van der Waals surface area (Å²) >= 11 is 0. The van der Waals surface area contributed by atoms with Crippen LogP contribution in [0.15, 0.2) is 59.6 Å². The molecular weight excluding hydrogens is 341 g/mol. The second-order valence-electron chi connectivity index (χ2n) is 7.15. The number of rotatable bonds is 8. The molecule has 4 nitrogen and oxygen atoms in total. The van der Waals surface area contributed by atoms with E-state index in [1.165, 1.54) is 12.1 Å². The molecule has 0 spiro atoms. The van der Waals surface area contributed by atoms with Gasteiger partial charge in [0.1, 0.15) is 5.82 Å². The number of benzene rings is 2. The van der Waals surface area contributed by atoms with Crippen molar-refractivity contribution in [2.45, 2.75) is 31.1 Å². The van der Waals surface area contributed by atoms with E-state index in [1.54, 1.807) is 0 Å². The van der Waals surface area contributed by atoms with Crippen LogP contribution < -0.4 is 10.6 Å². The Hall–Kier alpha value is -2.40. The molecule has 0 amide bonds. The van der Waals surface area contributed by atoms with Crippen molar-refractivity contribution in [2.75, 3.05) is 26.2 Å². The molecular formula is C22H28FN3O. The van der Waals surface area contributed by atoms with E-state index < -0.39 is 0 Å². The zero-order valence-electron chi connectivity index (χ0n) is 15.8. The Kier molecular flexibility index (Phi) is 6.45. The molecule has 2 aromatic carbocycles. The molecule has 2 aromatic rings. The zero-order chi connectivity index (χ0) is 19.1. The van der Waals surface area contributed by atoms with Crippen molar-refractivity contribution in [1.82, 2.24) is 10.6 Å². The summed E-state index contributed by atoms with van der Waals surface area (Å²) in [6.45, 7) is 4.16. The van der Waals surface area contributed by atoms with Crippen LogP contribution in [0.4, 0.5) is 4.39 Å². The maximum absolute atomic E-state index is 13.2. The fourth-order valence-corrected chi connectivity index (χ4v) is 3.30. The summed E-state index contributed by atoms with van der Waals surface area (Å²) in [5.41, 5.74) is 2.29. The van der Waals surface area contributed by atoms with Gasteiger partial charge in [-0.05, 0) is 43.0 Å². The lowest BCUT2D eigenvalue weighted by molar-refractivity contribution is 0.265. The first kappa shape index (κ1) is 19.4. The Bertz CT molecular complexity index is 742. The predicted octanol–water partition coefficient (Wildman–Crippen LogP) is 3.19. The third kappa shape index (κ3) is 5.07. The molecule has 0 heterocycles. The minimum absolute atomic E-state index is 0.0158. The summed E-state index contributed by atoms with van der Waals surface area (Å²) in [6.07, 6.45) is 2.15. The Morgan fingerprint density at radius 1 is 1.11 bits per heavy atom. The molecule has 0 bridgehead atoms. The lowest BCUT2D eigenvalue weighted by Crippen LogP contribution is -2.40. The summed E-state index contributed by atoms with van der Waals surface area (Å²) in [5, 5.41) is 16.4. The number of halogens is 1. The molecule has 1 unspecified atom stereocenters. The number of aliphatic hydroxyl groups excluding tert-OH is 1. The smallest absolute Gasteiger partial charge is 0.191 e. The highest BCUT2D eigenvalue weighted by Crippen LogP contribution is 2.48. The van der Waals surface area contributed by atoms with E-state index in [4.69, 9.17) is 4.99 Å². The lowest BCUT2D eigenvalue weighted by atomic mass is 9.96. The lowest BCUT2D eigenvalue weighted by Gasteiger charge is -2.19. The Morgan fingerprint density at radius 3 is 2.41 bits per heavy atom. The summed E-state index contributed by atoms with van der Waals surface area (Å²) in [6, 6.07) is 16.8. The molecule has 1 aliphatic rings. The second-order valence-corrected chi connectivity index (χ2v) is 7.15. The maximum Gasteiger partial charge on any atom is 0.191 e. The van der Waals surface area contributed by atoms with E-state index in [0.29, 0.717) is 13.1 Å². The zero-order valence-corrected chi connectivity index (χ0v) is 15.8. The highest BCUT2D eigenvalue weighted by Gasteiger charge is 2.44. The molecule has 3 N–H and O–H groups in total. The molecule has 1 aliphatic carbocycles. The molecule has 0 aliphatic heterocycles. The van der Waals surface area contributed by atoms with Gasteiger partial charge in [-0.25, -0.2) is 4.39 Å². The van der Waals surface area contributed by atoms with Gasteiger partial charge in [0.05, 0.1) is 13.2 Å². The minimum Gasteiger partial charge on any atom is -0.396 e. The first-order chi connectivity index (χ1) is 13.2. The largest absolute Gasteiger partial charge is 0.396 e. The van der Waals surface area contributed by atoms with Crippen molar-refractivity contribution in [3.63, 3.8) is 0 Å². The van der Waals surface area contributed by atoms with Crippen LogP contribution in [0.1, 0.15) is 36.8 Å². The van der Waals surface area contributed by atoms with Gasteiger partial charge in [-0.3, -0.25) is 4.99 Å². The fourth-order valence-electron chi connectivity index (χ4n) is 3.30. The number of aliphatic imine (C=N–C) groups is 1. The fraction of sp³-hybridized carbons (Fsp3) is 0.409. The number of nitrogens with zero attached hydrogens (tertiary/aromatic N) is 1. The predicted molar refractivity (Wildman–Crippen MR) is 108 cm³/mol. The van der Waals surface area contributed by atoms with Crippen molar-refractivity contribution >= 4 is 5.96 Å². The molecule has 144 valence electrons. The first-order valence-corrected chi connectivity index (χ1v) is 9.61. The third-order valence-electron chi connectivity index (χ3n) is 5.20. The summed E-state index contributed by atoms with van der Waals surface area (Å²) in [7, 11) is 0. The van der Waals surface area contributed by atoms with Crippen LogP contribution in [0.2, 0.25) is 0 Å². The topological polar surface area (TPSA) is 56.7 Å². The van der Waals surface area contributed by atoms with Crippen molar-refractivity contribution in [1.29, 1.82) is 0 Å². The van der Waals surface area contributed by atoms with Crippen molar-refractivity contribution in [2.24, 2.45) is 4.99 Å². The van der Waals surface area contributed by atoms with Gasteiger partial charge in [0.25, 0.3) is 0 Å². The molecule has 1 saturated carbocycles.